The molecule has 2 N–H and O–H groups in total. The Hall–Kier alpha value is -0.298. The van der Waals surface area contributed by atoms with Crippen molar-refractivity contribution in [1.82, 2.24) is 0 Å². The number of carboxylic acids is 1. The van der Waals surface area contributed by atoms with Crippen LogP contribution in [0.15, 0.2) is 24.3 Å². The van der Waals surface area contributed by atoms with Crippen LogP contribution in [0.4, 0.5) is 0 Å². The van der Waals surface area contributed by atoms with Crippen LogP contribution in [0.1, 0.15) is 12.5 Å². The first kappa shape index (κ1) is 22.8. The quantitative estimate of drug-likeness (QED) is 0.341. The van der Waals surface area contributed by atoms with Gasteiger partial charge in [0.05, 0.1) is 0 Å². The van der Waals surface area contributed by atoms with E-state index in [0.717, 1.165) is 32.7 Å². The number of carbonyl (C=O) groups excluding carboxylic acids is 1. The Balaban J connectivity index is -0.000000198. The van der Waals surface area contributed by atoms with Gasteiger partial charge in [0.15, 0.2) is 0 Å². The minimum atomic E-state index is -4.94. The van der Waals surface area contributed by atoms with Crippen molar-refractivity contribution in [2.75, 3.05) is 0 Å². The first-order chi connectivity index (χ1) is 7.52. The Morgan fingerprint density at radius 2 is 1.33 bits per heavy atom. The summed E-state index contributed by atoms with van der Waals surface area (Å²) >= 11 is 0.987. The molecule has 100 valence electrons. The average Bonchev–Trinajstić information content (AvgIpc) is 2.06. The summed E-state index contributed by atoms with van der Waals surface area (Å²) in [5, 5.41) is 8.89. The van der Waals surface area contributed by atoms with Crippen molar-refractivity contribution < 1.29 is 44.3 Å². The fourth-order valence-electron chi connectivity index (χ4n) is 0.566. The van der Waals surface area contributed by atoms with Gasteiger partial charge in [-0.25, -0.2) is 18.6 Å². The Morgan fingerprint density at radius 3 is 1.50 bits per heavy atom. The fourth-order valence-corrected chi connectivity index (χ4v) is 1.31. The number of benzene rings is 1. The third-order valence-corrected chi connectivity index (χ3v) is 2.57. The van der Waals surface area contributed by atoms with Crippen molar-refractivity contribution in [3.63, 3.8) is 0 Å². The fraction of sp³-hybridized carbons (Fsp3) is 0.222. The largest absolute Gasteiger partial charge is 0.412 e. The van der Waals surface area contributed by atoms with Crippen molar-refractivity contribution >= 4 is 34.9 Å². The summed E-state index contributed by atoms with van der Waals surface area (Å²) in [5.74, 6) is -1.08. The number of halogens is 1. The van der Waals surface area contributed by atoms with Crippen LogP contribution in [0.3, 0.4) is 0 Å². The van der Waals surface area contributed by atoms with Crippen molar-refractivity contribution in [1.29, 1.82) is 0 Å². The molecule has 1 aromatic rings. The van der Waals surface area contributed by atoms with Crippen LogP contribution in [0.5, 0.6) is 0 Å². The van der Waals surface area contributed by atoms with Crippen LogP contribution in [-0.4, -0.2) is 37.2 Å². The van der Waals surface area contributed by atoms with Gasteiger partial charge in [-0.2, -0.15) is 0 Å². The van der Waals surface area contributed by atoms with Gasteiger partial charge >= 0.3 is 65.6 Å². The molecule has 1 rings (SSSR count). The van der Waals surface area contributed by atoms with Crippen LogP contribution in [0, 0.1) is 17.2 Å². The maximum absolute atomic E-state index is 8.89. The average molecular weight is 472 g/mol. The second-order valence-corrected chi connectivity index (χ2v) is 6.13. The number of hydrogen-bond donors (Lipinski definition) is 0. The van der Waals surface area contributed by atoms with Gasteiger partial charge in [0.1, 0.15) is 0 Å². The third-order valence-electron chi connectivity index (χ3n) is 1.08. The van der Waals surface area contributed by atoms with E-state index in [4.69, 9.17) is 28.5 Å². The normalized spacial score (nSPS) is 8.89. The summed E-state index contributed by atoms with van der Waals surface area (Å²) < 4.78 is 35.5. The van der Waals surface area contributed by atoms with E-state index in [9.17, 15) is 0 Å². The molecule has 0 aromatic heterocycles. The van der Waals surface area contributed by atoms with Crippen LogP contribution in [0.25, 0.3) is 0 Å². The van der Waals surface area contributed by atoms with E-state index in [1.165, 1.54) is 8.69 Å². The molecular weight excluding hydrogens is 460 g/mol. The Kier molecular flexibility index (Phi) is 14.9. The molecule has 0 fully saturated rings. The number of carbonyl (C=O) groups is 1. The summed E-state index contributed by atoms with van der Waals surface area (Å²) in [4.78, 5) is 8.89. The van der Waals surface area contributed by atoms with Crippen LogP contribution in [-0.2, 0) is 4.79 Å². The van der Waals surface area contributed by atoms with E-state index in [0.29, 0.717) is 0 Å². The van der Waals surface area contributed by atoms with Gasteiger partial charge in [0.2, 0.25) is 0 Å². The zero-order valence-corrected chi connectivity index (χ0v) is 15.0. The van der Waals surface area contributed by atoms with Gasteiger partial charge in [-0.1, -0.05) is 0 Å². The van der Waals surface area contributed by atoms with E-state index in [-0.39, 0.29) is 5.48 Å². The maximum atomic E-state index is 8.89. The number of aliphatic carboxylic acids is 1. The Bertz CT molecular complexity index is 292. The Morgan fingerprint density at radius 1 is 1.11 bits per heavy atom. The van der Waals surface area contributed by atoms with E-state index in [1.807, 2.05) is 0 Å². The molecule has 0 aliphatic rings. The number of carboxylic acid groups (broad SMARTS) is 1. The molecule has 0 aliphatic heterocycles. The second kappa shape index (κ2) is 11.8. The van der Waals surface area contributed by atoms with Crippen molar-refractivity contribution in [2.24, 2.45) is 0 Å². The molecule has 0 saturated heterocycles. The molecular formula is C9H12ClO7Tl. The van der Waals surface area contributed by atoms with Gasteiger partial charge in [-0.05, 0) is 6.92 Å². The van der Waals surface area contributed by atoms with Crippen LogP contribution < -0.4 is 26.9 Å². The molecule has 18 heavy (non-hydrogen) atoms. The standard InChI is InChI=1S/C7H7.C2H4O2.ClHO4.H2O.Tl/c1-7-5-3-2-4-6-7;1-2(3)4;2-1(3,4)5;;/h3-6H,1H3;1H3,(H,3,4);(H,2,3,4,5);1H2;/q;;;;+2/p-2. The zero-order chi connectivity index (χ0) is 14.1. The molecule has 0 unspecified atom stereocenters. The summed E-state index contributed by atoms with van der Waals surface area (Å²) in [6, 6.07) is 8.71. The zero-order valence-electron chi connectivity index (χ0n) is 9.71. The molecule has 0 amide bonds. The minimum absolute atomic E-state index is 0. The smallest absolute Gasteiger partial charge is 0.112 e. The third kappa shape index (κ3) is 36.1. The molecule has 1 aromatic carbocycles. The first-order valence-corrected chi connectivity index (χ1v) is 7.61. The molecule has 0 radical (unpaired) electrons. The molecule has 0 bridgehead atoms. The predicted octanol–water partition coefficient (Wildman–Crippen LogP) is -6.04. The van der Waals surface area contributed by atoms with Crippen LogP contribution >= 0.6 is 0 Å². The summed E-state index contributed by atoms with van der Waals surface area (Å²) in [5.41, 5.74) is 1.36. The topological polar surface area (TPSA) is 164 Å². The van der Waals surface area contributed by atoms with Crippen molar-refractivity contribution in [2.45, 2.75) is 13.8 Å². The number of hydrogen-bond acceptors (Lipinski definition) is 6. The summed E-state index contributed by atoms with van der Waals surface area (Å²) in [6.07, 6.45) is 0. The van der Waals surface area contributed by atoms with Gasteiger partial charge in [0.25, 0.3) is 0 Å². The van der Waals surface area contributed by atoms with Crippen molar-refractivity contribution in [3.05, 3.63) is 29.8 Å². The van der Waals surface area contributed by atoms with Gasteiger partial charge in [-0.15, -0.1) is 10.2 Å². The van der Waals surface area contributed by atoms with E-state index >= 15 is 0 Å². The molecule has 0 aliphatic carbocycles. The number of aryl methyl sites for hydroxylation is 1. The predicted molar refractivity (Wildman–Crippen MR) is 50.9 cm³/mol. The first-order valence-electron chi connectivity index (χ1n) is 4.14. The van der Waals surface area contributed by atoms with Crippen LogP contribution in [0.2, 0.25) is 0 Å². The molecule has 9 heteroatoms. The molecule has 0 heterocycles. The van der Waals surface area contributed by atoms with E-state index in [2.05, 4.69) is 31.2 Å². The van der Waals surface area contributed by atoms with E-state index in [1.54, 1.807) is 0 Å². The summed E-state index contributed by atoms with van der Waals surface area (Å²) in [7, 11) is -4.94. The maximum Gasteiger partial charge on any atom is -0.112 e. The van der Waals surface area contributed by atoms with Crippen molar-refractivity contribution in [3.8, 4) is 0 Å². The summed E-state index contributed by atoms with van der Waals surface area (Å²) in [6.45, 7) is 3.09. The van der Waals surface area contributed by atoms with E-state index < -0.39 is 16.2 Å². The van der Waals surface area contributed by atoms with Gasteiger partial charge in [-0.3, -0.25) is 0 Å². The minimum Gasteiger partial charge on any atom is -0.412 e. The van der Waals surface area contributed by atoms with Gasteiger partial charge < -0.3 is 15.4 Å². The molecule has 0 saturated carbocycles. The SMILES string of the molecule is CC(=O)[O-].Cc1cc[c]([Tl+2])cc1.O.[O-][Cl+3]([O-])([O-])[O-]. The second-order valence-electron chi connectivity index (χ2n) is 2.78. The monoisotopic (exact) mass is 472 g/mol. The Labute approximate surface area is 122 Å². The molecule has 7 nitrogen and oxygen atoms in total. The molecule has 0 atom stereocenters. The number of rotatable bonds is 0. The van der Waals surface area contributed by atoms with Gasteiger partial charge in [0, 0.05) is 5.97 Å². The molecule has 0 spiro atoms.